The molecule has 2 atom stereocenters. The second kappa shape index (κ2) is 8.33. The molecule has 1 heterocycles. The summed E-state index contributed by atoms with van der Waals surface area (Å²) in [6, 6.07) is 22.8. The third-order valence-electron chi connectivity index (χ3n) is 5.70. The van der Waals surface area contributed by atoms with Crippen LogP contribution in [-0.4, -0.2) is 24.0 Å². The van der Waals surface area contributed by atoms with Crippen molar-refractivity contribution in [3.63, 3.8) is 0 Å². The quantitative estimate of drug-likeness (QED) is 0.673. The number of rotatable bonds is 5. The minimum atomic E-state index is -0.473. The van der Waals surface area contributed by atoms with E-state index in [4.69, 9.17) is 0 Å². The normalized spacial score (nSPS) is 21.8. The Hall–Kier alpha value is -1.69. The van der Waals surface area contributed by atoms with Crippen molar-refractivity contribution < 1.29 is 0 Å². The zero-order valence-electron chi connectivity index (χ0n) is 15.6. The summed E-state index contributed by atoms with van der Waals surface area (Å²) in [5.74, 6) is 0.527. The van der Waals surface area contributed by atoms with Gasteiger partial charge in [0.1, 0.15) is 0 Å². The Balaban J connectivity index is 1.67. The SMILES string of the molecule is C[C@@H](C1C=CC=C1P(c1ccccc1)c1ccccc1)N1CCCCC1. The molecular weight excluding hydrogens is 333 g/mol. The van der Waals surface area contributed by atoms with Crippen molar-refractivity contribution >= 4 is 18.5 Å². The summed E-state index contributed by atoms with van der Waals surface area (Å²) in [6.45, 7) is 4.95. The molecule has 4 rings (SSSR count). The summed E-state index contributed by atoms with van der Waals surface area (Å²) in [5.41, 5.74) is 0. The summed E-state index contributed by atoms with van der Waals surface area (Å²) in [5, 5.41) is 4.52. The first-order chi connectivity index (χ1) is 12.8. The molecular formula is C24H28NP. The van der Waals surface area contributed by atoms with Gasteiger partial charge in [-0.3, -0.25) is 4.90 Å². The van der Waals surface area contributed by atoms with Crippen molar-refractivity contribution in [3.8, 4) is 0 Å². The maximum atomic E-state index is 2.71. The third-order valence-corrected chi connectivity index (χ3v) is 8.29. The summed E-state index contributed by atoms with van der Waals surface area (Å²) >= 11 is 0. The van der Waals surface area contributed by atoms with Crippen molar-refractivity contribution in [1.82, 2.24) is 4.90 Å². The number of hydrogen-bond acceptors (Lipinski definition) is 1. The number of hydrogen-bond donors (Lipinski definition) is 0. The minimum absolute atomic E-state index is 0.473. The number of piperidine rings is 1. The maximum Gasteiger partial charge on any atom is 0.0185 e. The molecule has 1 saturated heterocycles. The first-order valence-corrected chi connectivity index (χ1v) is 11.2. The monoisotopic (exact) mass is 361 g/mol. The fourth-order valence-corrected chi connectivity index (χ4v) is 6.94. The fraction of sp³-hybridized carbons (Fsp3) is 0.333. The second-order valence-corrected chi connectivity index (χ2v) is 9.57. The van der Waals surface area contributed by atoms with Crippen LogP contribution in [0, 0.1) is 5.92 Å². The van der Waals surface area contributed by atoms with Crippen LogP contribution in [-0.2, 0) is 0 Å². The van der Waals surface area contributed by atoms with Crippen LogP contribution in [0.25, 0.3) is 0 Å². The van der Waals surface area contributed by atoms with Gasteiger partial charge in [-0.25, -0.2) is 0 Å². The Labute approximate surface area is 159 Å². The molecule has 0 amide bonds. The molecule has 1 aliphatic heterocycles. The van der Waals surface area contributed by atoms with Gasteiger partial charge in [0.25, 0.3) is 0 Å². The summed E-state index contributed by atoms with van der Waals surface area (Å²) in [7, 11) is -0.473. The highest BCUT2D eigenvalue weighted by atomic mass is 31.1. The van der Waals surface area contributed by atoms with Gasteiger partial charge in [-0.15, -0.1) is 0 Å². The molecule has 0 aromatic heterocycles. The zero-order valence-corrected chi connectivity index (χ0v) is 16.5. The van der Waals surface area contributed by atoms with E-state index in [1.54, 1.807) is 5.31 Å². The first-order valence-electron chi connectivity index (χ1n) is 9.87. The first kappa shape index (κ1) is 17.7. The Morgan fingerprint density at radius 3 is 2.00 bits per heavy atom. The predicted molar refractivity (Wildman–Crippen MR) is 115 cm³/mol. The standard InChI is InChI=1S/C24H28NP/c1-20(25-18-9-4-10-19-25)23-16-11-17-24(23)26(21-12-5-2-6-13-21)22-14-7-3-8-15-22/h2-3,5-8,11-17,20,23H,4,9-10,18-19H2,1H3/t20-,23?/m0/s1. The molecule has 2 aromatic rings. The lowest BCUT2D eigenvalue weighted by atomic mass is 9.99. The lowest BCUT2D eigenvalue weighted by Crippen LogP contribution is -2.41. The predicted octanol–water partition coefficient (Wildman–Crippen LogP) is 5.06. The van der Waals surface area contributed by atoms with E-state index in [0.717, 1.165) is 0 Å². The molecule has 1 fully saturated rings. The Kier molecular flexibility index (Phi) is 5.68. The highest BCUT2D eigenvalue weighted by Crippen LogP contribution is 2.50. The molecule has 134 valence electrons. The van der Waals surface area contributed by atoms with Gasteiger partial charge in [-0.05, 0) is 56.7 Å². The Morgan fingerprint density at radius 2 is 1.42 bits per heavy atom. The van der Waals surface area contributed by atoms with Gasteiger partial charge in [-0.1, -0.05) is 85.3 Å². The Morgan fingerprint density at radius 1 is 0.846 bits per heavy atom. The van der Waals surface area contributed by atoms with Crippen LogP contribution >= 0.6 is 7.92 Å². The largest absolute Gasteiger partial charge is 0.300 e. The van der Waals surface area contributed by atoms with Crippen LogP contribution in [0.2, 0.25) is 0 Å². The van der Waals surface area contributed by atoms with Gasteiger partial charge < -0.3 is 0 Å². The summed E-state index contributed by atoms with van der Waals surface area (Å²) in [4.78, 5) is 2.71. The molecule has 0 bridgehead atoms. The summed E-state index contributed by atoms with van der Waals surface area (Å²) in [6.07, 6.45) is 11.2. The van der Waals surface area contributed by atoms with E-state index in [9.17, 15) is 0 Å². The average molecular weight is 361 g/mol. The van der Waals surface area contributed by atoms with E-state index >= 15 is 0 Å². The highest BCUT2D eigenvalue weighted by molar-refractivity contribution is 7.76. The topological polar surface area (TPSA) is 3.24 Å². The van der Waals surface area contributed by atoms with Gasteiger partial charge in [0, 0.05) is 12.0 Å². The molecule has 26 heavy (non-hydrogen) atoms. The van der Waals surface area contributed by atoms with Gasteiger partial charge in [-0.2, -0.15) is 0 Å². The maximum absolute atomic E-state index is 2.71. The van der Waals surface area contributed by atoms with E-state index in [-0.39, 0.29) is 0 Å². The molecule has 2 aromatic carbocycles. The van der Waals surface area contributed by atoms with E-state index < -0.39 is 7.92 Å². The summed E-state index contributed by atoms with van der Waals surface area (Å²) < 4.78 is 0. The molecule has 1 aliphatic carbocycles. The minimum Gasteiger partial charge on any atom is -0.300 e. The lowest BCUT2D eigenvalue weighted by Gasteiger charge is -2.38. The number of nitrogens with zero attached hydrogens (tertiary/aromatic N) is 1. The van der Waals surface area contributed by atoms with Gasteiger partial charge >= 0.3 is 0 Å². The average Bonchev–Trinajstić information content (AvgIpc) is 3.19. The van der Waals surface area contributed by atoms with Gasteiger partial charge in [0.15, 0.2) is 0 Å². The van der Waals surface area contributed by atoms with Crippen molar-refractivity contribution in [2.75, 3.05) is 13.1 Å². The molecule has 0 saturated carbocycles. The van der Waals surface area contributed by atoms with E-state index in [0.29, 0.717) is 12.0 Å². The smallest absolute Gasteiger partial charge is 0.0185 e. The lowest BCUT2D eigenvalue weighted by molar-refractivity contribution is 0.156. The highest BCUT2D eigenvalue weighted by Gasteiger charge is 2.32. The molecule has 1 unspecified atom stereocenters. The van der Waals surface area contributed by atoms with Crippen LogP contribution in [0.5, 0.6) is 0 Å². The van der Waals surface area contributed by atoms with Crippen LogP contribution in [0.4, 0.5) is 0 Å². The Bertz CT molecular complexity index is 720. The van der Waals surface area contributed by atoms with Crippen LogP contribution in [0.1, 0.15) is 26.2 Å². The van der Waals surface area contributed by atoms with E-state index in [1.165, 1.54) is 43.0 Å². The van der Waals surface area contributed by atoms with Crippen molar-refractivity contribution in [2.45, 2.75) is 32.2 Å². The van der Waals surface area contributed by atoms with Crippen molar-refractivity contribution in [2.24, 2.45) is 5.92 Å². The van der Waals surface area contributed by atoms with Crippen LogP contribution in [0.15, 0.2) is 84.2 Å². The molecule has 0 N–H and O–H groups in total. The molecule has 2 aliphatic rings. The fourth-order valence-electron chi connectivity index (χ4n) is 4.27. The van der Waals surface area contributed by atoms with E-state index in [2.05, 4.69) is 90.7 Å². The molecule has 2 heteroatoms. The van der Waals surface area contributed by atoms with E-state index in [1.807, 2.05) is 0 Å². The number of likely N-dealkylation sites (tertiary alicyclic amines) is 1. The number of benzene rings is 2. The number of allylic oxidation sites excluding steroid dienone is 2. The van der Waals surface area contributed by atoms with Crippen molar-refractivity contribution in [1.29, 1.82) is 0 Å². The van der Waals surface area contributed by atoms with Crippen LogP contribution < -0.4 is 10.6 Å². The third kappa shape index (κ3) is 3.70. The van der Waals surface area contributed by atoms with Gasteiger partial charge in [0.2, 0.25) is 0 Å². The van der Waals surface area contributed by atoms with Crippen LogP contribution in [0.3, 0.4) is 0 Å². The second-order valence-electron chi connectivity index (χ2n) is 7.35. The molecule has 0 radical (unpaired) electrons. The molecule has 0 spiro atoms. The zero-order chi connectivity index (χ0) is 17.8. The molecule has 1 nitrogen and oxygen atoms in total. The van der Waals surface area contributed by atoms with Gasteiger partial charge in [0.05, 0.1) is 0 Å². The van der Waals surface area contributed by atoms with Crippen molar-refractivity contribution in [3.05, 3.63) is 84.2 Å².